The van der Waals surface area contributed by atoms with Gasteiger partial charge in [-0.05, 0) is 55.9 Å². The van der Waals surface area contributed by atoms with Crippen molar-refractivity contribution in [3.8, 4) is 11.5 Å². The second-order valence-electron chi connectivity index (χ2n) is 8.80. The zero-order valence-electron chi connectivity index (χ0n) is 19.9. The fourth-order valence-corrected chi connectivity index (χ4v) is 5.02. The molecule has 2 aliphatic rings. The molecule has 6 nitrogen and oxygen atoms in total. The highest BCUT2D eigenvalue weighted by Crippen LogP contribution is 2.46. The van der Waals surface area contributed by atoms with Crippen molar-refractivity contribution in [3.63, 3.8) is 0 Å². The molecule has 2 amide bonds. The lowest BCUT2D eigenvalue weighted by Gasteiger charge is -2.40. The van der Waals surface area contributed by atoms with Gasteiger partial charge in [-0.3, -0.25) is 9.59 Å². The number of carbonyl (C=O) groups is 2. The van der Waals surface area contributed by atoms with E-state index in [4.69, 9.17) is 9.47 Å². The number of nitrogens with zero attached hydrogens (tertiary/aromatic N) is 1. The largest absolute Gasteiger partial charge is 0.493 e. The molecule has 2 atom stereocenters. The summed E-state index contributed by atoms with van der Waals surface area (Å²) < 4.78 is 25.8. The number of ether oxygens (including phenoxy) is 2. The van der Waals surface area contributed by atoms with Gasteiger partial charge in [0.15, 0.2) is 11.5 Å². The van der Waals surface area contributed by atoms with E-state index >= 15 is 0 Å². The van der Waals surface area contributed by atoms with Crippen LogP contribution in [0.15, 0.2) is 48.0 Å². The summed E-state index contributed by atoms with van der Waals surface area (Å²) in [5, 5.41) is 3.05. The van der Waals surface area contributed by atoms with Gasteiger partial charge in [-0.1, -0.05) is 29.8 Å². The van der Waals surface area contributed by atoms with Gasteiger partial charge in [-0.25, -0.2) is 4.39 Å². The van der Waals surface area contributed by atoms with E-state index in [9.17, 15) is 14.0 Å². The normalized spacial score (nSPS) is 19.8. The standard InChI is InChI=1S/C27H31FN2O4/c1-30-25(18-11-7-8-12-21(18)28)24(26(31)29-14-13-17-9-5-4-6-10-17)19-15-22(33-2)23(34-3)16-20(19)27(30)32/h7-9,11-12,15-16,24-25H,4-6,10,13-14H2,1-3H3,(H,29,31)/t24-,25+/m0/s1. The summed E-state index contributed by atoms with van der Waals surface area (Å²) in [6, 6.07) is 8.75. The Hall–Kier alpha value is -3.35. The van der Waals surface area contributed by atoms with Crippen molar-refractivity contribution in [1.29, 1.82) is 0 Å². The van der Waals surface area contributed by atoms with Crippen molar-refractivity contribution >= 4 is 11.8 Å². The number of halogens is 1. The summed E-state index contributed by atoms with van der Waals surface area (Å²) in [5.74, 6) is -1.01. The molecule has 1 aliphatic heterocycles. The molecular formula is C27H31FN2O4. The third-order valence-corrected chi connectivity index (χ3v) is 6.81. The van der Waals surface area contributed by atoms with E-state index in [2.05, 4.69) is 11.4 Å². The number of fused-ring (bicyclic) bond motifs is 1. The fraction of sp³-hybridized carbons (Fsp3) is 0.407. The van der Waals surface area contributed by atoms with Gasteiger partial charge in [0, 0.05) is 24.7 Å². The van der Waals surface area contributed by atoms with Gasteiger partial charge in [0.25, 0.3) is 5.91 Å². The maximum absolute atomic E-state index is 14.9. The summed E-state index contributed by atoms with van der Waals surface area (Å²) in [4.78, 5) is 28.4. The summed E-state index contributed by atoms with van der Waals surface area (Å²) in [6.07, 6.45) is 7.59. The molecule has 1 N–H and O–H groups in total. The summed E-state index contributed by atoms with van der Waals surface area (Å²) in [6.45, 7) is 0.492. The molecule has 1 heterocycles. The van der Waals surface area contributed by atoms with Gasteiger partial charge in [0.05, 0.1) is 26.2 Å². The average Bonchev–Trinajstić information content (AvgIpc) is 2.86. The predicted octanol–water partition coefficient (Wildman–Crippen LogP) is 4.76. The first-order chi connectivity index (χ1) is 16.5. The van der Waals surface area contributed by atoms with Crippen molar-refractivity contribution in [2.24, 2.45) is 0 Å². The minimum Gasteiger partial charge on any atom is -0.493 e. The third kappa shape index (κ3) is 4.52. The second-order valence-corrected chi connectivity index (χ2v) is 8.80. The molecule has 0 saturated carbocycles. The van der Waals surface area contributed by atoms with Crippen LogP contribution in [0.2, 0.25) is 0 Å². The van der Waals surface area contributed by atoms with Crippen LogP contribution in [-0.2, 0) is 4.79 Å². The fourth-order valence-electron chi connectivity index (χ4n) is 5.02. The number of nitrogens with one attached hydrogen (secondary N) is 1. The zero-order valence-corrected chi connectivity index (χ0v) is 19.9. The quantitative estimate of drug-likeness (QED) is 0.598. The minimum absolute atomic E-state index is 0.252. The van der Waals surface area contributed by atoms with Crippen molar-refractivity contribution in [2.75, 3.05) is 27.8 Å². The Morgan fingerprint density at radius 3 is 2.53 bits per heavy atom. The van der Waals surface area contributed by atoms with Gasteiger partial charge in [-0.2, -0.15) is 0 Å². The Morgan fingerprint density at radius 2 is 1.85 bits per heavy atom. The van der Waals surface area contributed by atoms with Crippen molar-refractivity contribution in [1.82, 2.24) is 10.2 Å². The van der Waals surface area contributed by atoms with Crippen LogP contribution in [0.1, 0.15) is 65.5 Å². The SMILES string of the molecule is COc1cc2c(cc1OC)[C@H](C(=O)NCCC1=CCCCC1)[C@@H](c1ccccc1F)N(C)C2=O. The lowest BCUT2D eigenvalue weighted by molar-refractivity contribution is -0.124. The molecule has 4 rings (SSSR count). The summed E-state index contributed by atoms with van der Waals surface area (Å²) in [5.41, 5.74) is 2.51. The second kappa shape index (κ2) is 10.3. The highest BCUT2D eigenvalue weighted by atomic mass is 19.1. The average molecular weight is 467 g/mol. The van der Waals surface area contributed by atoms with Gasteiger partial charge in [-0.15, -0.1) is 0 Å². The number of amides is 2. The van der Waals surface area contributed by atoms with Crippen molar-refractivity contribution in [3.05, 3.63) is 70.6 Å². The number of hydrogen-bond donors (Lipinski definition) is 1. The van der Waals surface area contributed by atoms with Crippen LogP contribution in [0.25, 0.3) is 0 Å². The first-order valence-corrected chi connectivity index (χ1v) is 11.7. The van der Waals surface area contributed by atoms with Crippen LogP contribution in [0, 0.1) is 5.82 Å². The molecule has 2 aromatic carbocycles. The lowest BCUT2D eigenvalue weighted by Crippen LogP contribution is -2.46. The number of likely N-dealkylation sites (N-methyl/N-ethyl adjacent to an activating group) is 1. The molecule has 0 fully saturated rings. The van der Waals surface area contributed by atoms with Gasteiger partial charge in [0.2, 0.25) is 5.91 Å². The summed E-state index contributed by atoms with van der Waals surface area (Å²) in [7, 11) is 4.60. The molecule has 0 unspecified atom stereocenters. The Balaban J connectivity index is 1.74. The highest BCUT2D eigenvalue weighted by molar-refractivity contribution is 6.02. The van der Waals surface area contributed by atoms with E-state index < -0.39 is 17.8 Å². The lowest BCUT2D eigenvalue weighted by atomic mass is 9.79. The molecule has 0 bridgehead atoms. The Kier molecular flexibility index (Phi) is 7.20. The molecule has 7 heteroatoms. The van der Waals surface area contributed by atoms with Gasteiger partial charge >= 0.3 is 0 Å². The van der Waals surface area contributed by atoms with Crippen LogP contribution in [-0.4, -0.2) is 44.5 Å². The van der Waals surface area contributed by atoms with Crippen LogP contribution in [0.4, 0.5) is 4.39 Å². The van der Waals surface area contributed by atoms with Crippen molar-refractivity contribution in [2.45, 2.75) is 44.1 Å². The topological polar surface area (TPSA) is 67.9 Å². The maximum Gasteiger partial charge on any atom is 0.254 e. The highest BCUT2D eigenvalue weighted by Gasteiger charge is 2.44. The zero-order chi connectivity index (χ0) is 24.2. The monoisotopic (exact) mass is 466 g/mol. The van der Waals surface area contributed by atoms with Gasteiger partial charge in [0.1, 0.15) is 5.82 Å². The van der Waals surface area contributed by atoms with E-state index in [-0.39, 0.29) is 11.8 Å². The number of methoxy groups -OCH3 is 2. The number of benzene rings is 2. The predicted molar refractivity (Wildman–Crippen MR) is 128 cm³/mol. The Bertz CT molecular complexity index is 1110. The molecule has 180 valence electrons. The van der Waals surface area contributed by atoms with Crippen molar-refractivity contribution < 1.29 is 23.5 Å². The van der Waals surface area contributed by atoms with E-state index in [1.165, 1.54) is 43.6 Å². The summed E-state index contributed by atoms with van der Waals surface area (Å²) >= 11 is 0. The number of carbonyl (C=O) groups excluding carboxylic acids is 2. The first-order valence-electron chi connectivity index (χ1n) is 11.7. The van der Waals surface area contributed by atoms with Crippen LogP contribution in [0.5, 0.6) is 11.5 Å². The molecule has 0 spiro atoms. The number of rotatable bonds is 7. The Morgan fingerprint density at radius 1 is 1.12 bits per heavy atom. The molecule has 2 aromatic rings. The molecule has 1 aliphatic carbocycles. The molecule has 0 saturated heterocycles. The number of allylic oxidation sites excluding steroid dienone is 1. The number of hydrogen-bond acceptors (Lipinski definition) is 4. The van der Waals surface area contributed by atoms with E-state index in [1.54, 1.807) is 37.4 Å². The van der Waals surface area contributed by atoms with E-state index in [1.807, 2.05) is 0 Å². The maximum atomic E-state index is 14.9. The molecule has 0 aromatic heterocycles. The Labute approximate surface area is 199 Å². The molecule has 34 heavy (non-hydrogen) atoms. The first kappa shape index (κ1) is 23.8. The smallest absolute Gasteiger partial charge is 0.254 e. The van der Waals surface area contributed by atoms with Gasteiger partial charge < -0.3 is 19.7 Å². The van der Waals surface area contributed by atoms with Crippen LogP contribution >= 0.6 is 0 Å². The van der Waals surface area contributed by atoms with E-state index in [0.717, 1.165) is 19.3 Å². The van der Waals surface area contributed by atoms with Crippen LogP contribution < -0.4 is 14.8 Å². The molecule has 0 radical (unpaired) electrons. The van der Waals surface area contributed by atoms with E-state index in [0.29, 0.717) is 34.7 Å². The minimum atomic E-state index is -0.810. The third-order valence-electron chi connectivity index (χ3n) is 6.81. The van der Waals surface area contributed by atoms with Crippen LogP contribution in [0.3, 0.4) is 0 Å². The molecular weight excluding hydrogens is 435 g/mol.